The van der Waals surface area contributed by atoms with E-state index in [1.54, 1.807) is 31.4 Å². The third kappa shape index (κ3) is 3.18. The molecule has 0 aliphatic carbocycles. The van der Waals surface area contributed by atoms with Crippen LogP contribution in [-0.4, -0.2) is 12.1 Å². The van der Waals surface area contributed by atoms with Gasteiger partial charge in [0.2, 0.25) is 0 Å². The van der Waals surface area contributed by atoms with Gasteiger partial charge in [0, 0.05) is 11.6 Å². The first kappa shape index (κ1) is 14.6. The zero-order valence-electron chi connectivity index (χ0n) is 10.6. The first-order valence-corrected chi connectivity index (χ1v) is 6.50. The number of halogens is 2. The molecule has 20 heavy (non-hydrogen) atoms. The summed E-state index contributed by atoms with van der Waals surface area (Å²) in [5.41, 5.74) is 7.53. The van der Waals surface area contributed by atoms with Crippen molar-refractivity contribution in [3.8, 4) is 5.75 Å². The highest BCUT2D eigenvalue weighted by molar-refractivity contribution is 7.80. The maximum absolute atomic E-state index is 13.0. The van der Waals surface area contributed by atoms with Gasteiger partial charge in [-0.05, 0) is 30.3 Å². The van der Waals surface area contributed by atoms with Gasteiger partial charge in [-0.3, -0.25) is 0 Å². The standard InChI is InChI=1S/C14H12ClFN2OS/c1-19-9-3-4-10(14(17)20)13(7-9)18-12-5-2-8(16)6-11(12)15/h2-7,18H,1H3,(H2,17,20). The molecular formula is C14H12ClFN2OS. The fourth-order valence-electron chi connectivity index (χ4n) is 1.70. The van der Waals surface area contributed by atoms with Gasteiger partial charge in [-0.15, -0.1) is 0 Å². The van der Waals surface area contributed by atoms with Crippen LogP contribution in [-0.2, 0) is 0 Å². The average molecular weight is 311 g/mol. The van der Waals surface area contributed by atoms with E-state index in [0.717, 1.165) is 0 Å². The highest BCUT2D eigenvalue weighted by Gasteiger charge is 2.09. The van der Waals surface area contributed by atoms with Crippen LogP contribution >= 0.6 is 23.8 Å². The molecule has 0 atom stereocenters. The summed E-state index contributed by atoms with van der Waals surface area (Å²) in [4.78, 5) is 0.244. The van der Waals surface area contributed by atoms with E-state index >= 15 is 0 Å². The fraction of sp³-hybridized carbons (Fsp3) is 0.0714. The van der Waals surface area contributed by atoms with Crippen LogP contribution in [0.1, 0.15) is 5.56 Å². The van der Waals surface area contributed by atoms with Crippen LogP contribution < -0.4 is 15.8 Å². The quantitative estimate of drug-likeness (QED) is 0.842. The second kappa shape index (κ2) is 6.07. The number of methoxy groups -OCH3 is 1. The molecule has 2 aromatic rings. The van der Waals surface area contributed by atoms with Crippen molar-refractivity contribution in [1.29, 1.82) is 0 Å². The van der Waals surface area contributed by atoms with Gasteiger partial charge in [0.1, 0.15) is 16.6 Å². The molecule has 104 valence electrons. The third-order valence-corrected chi connectivity index (χ3v) is 3.23. The van der Waals surface area contributed by atoms with Crippen LogP contribution in [0.2, 0.25) is 5.02 Å². The molecule has 0 aromatic heterocycles. The van der Waals surface area contributed by atoms with Crippen LogP contribution in [0.5, 0.6) is 5.75 Å². The van der Waals surface area contributed by atoms with Gasteiger partial charge in [0.05, 0.1) is 23.5 Å². The lowest BCUT2D eigenvalue weighted by Crippen LogP contribution is -2.12. The van der Waals surface area contributed by atoms with Crippen molar-refractivity contribution in [2.75, 3.05) is 12.4 Å². The van der Waals surface area contributed by atoms with Crippen molar-refractivity contribution in [1.82, 2.24) is 0 Å². The van der Waals surface area contributed by atoms with Crippen molar-refractivity contribution in [2.45, 2.75) is 0 Å². The van der Waals surface area contributed by atoms with E-state index in [4.69, 9.17) is 34.3 Å². The predicted molar refractivity (Wildman–Crippen MR) is 83.6 cm³/mol. The maximum atomic E-state index is 13.0. The Labute approximate surface area is 126 Å². The van der Waals surface area contributed by atoms with E-state index in [2.05, 4.69) is 5.32 Å². The number of rotatable bonds is 4. The van der Waals surface area contributed by atoms with Crippen LogP contribution in [0.15, 0.2) is 36.4 Å². The van der Waals surface area contributed by atoms with Crippen molar-refractivity contribution in [3.05, 3.63) is 52.8 Å². The average Bonchev–Trinajstić information content (AvgIpc) is 2.41. The minimum atomic E-state index is -0.402. The number of benzene rings is 2. The number of anilines is 2. The maximum Gasteiger partial charge on any atom is 0.124 e. The SMILES string of the molecule is COc1ccc(C(N)=S)c(Nc2ccc(F)cc2Cl)c1. The molecule has 3 N–H and O–H groups in total. The van der Waals surface area contributed by atoms with Crippen LogP contribution in [0.4, 0.5) is 15.8 Å². The summed E-state index contributed by atoms with van der Waals surface area (Å²) >= 11 is 11.0. The second-order valence-corrected chi connectivity index (χ2v) is 4.87. The first-order valence-electron chi connectivity index (χ1n) is 5.71. The van der Waals surface area contributed by atoms with Gasteiger partial charge in [-0.2, -0.15) is 0 Å². The lowest BCUT2D eigenvalue weighted by Gasteiger charge is -2.14. The zero-order chi connectivity index (χ0) is 14.7. The van der Waals surface area contributed by atoms with Crippen molar-refractivity contribution >= 4 is 40.2 Å². The van der Waals surface area contributed by atoms with Crippen molar-refractivity contribution < 1.29 is 9.13 Å². The van der Waals surface area contributed by atoms with Crippen LogP contribution in [0.25, 0.3) is 0 Å². The predicted octanol–water partition coefficient (Wildman–Crippen LogP) is 3.87. The van der Waals surface area contributed by atoms with Crippen molar-refractivity contribution in [2.24, 2.45) is 5.73 Å². The summed E-state index contributed by atoms with van der Waals surface area (Å²) in [6.07, 6.45) is 0. The molecule has 6 heteroatoms. The van der Waals surface area contributed by atoms with Gasteiger partial charge < -0.3 is 15.8 Å². The molecular weight excluding hydrogens is 299 g/mol. The largest absolute Gasteiger partial charge is 0.497 e. The Balaban J connectivity index is 2.43. The van der Waals surface area contributed by atoms with Gasteiger partial charge in [-0.25, -0.2) is 4.39 Å². The van der Waals surface area contributed by atoms with Crippen molar-refractivity contribution in [3.63, 3.8) is 0 Å². The monoisotopic (exact) mass is 310 g/mol. The van der Waals surface area contributed by atoms with E-state index in [1.165, 1.54) is 12.1 Å². The summed E-state index contributed by atoms with van der Waals surface area (Å²) < 4.78 is 18.2. The van der Waals surface area contributed by atoms with E-state index in [9.17, 15) is 4.39 Å². The highest BCUT2D eigenvalue weighted by Crippen LogP contribution is 2.30. The first-order chi connectivity index (χ1) is 9.51. The van der Waals surface area contributed by atoms with Crippen LogP contribution in [0.3, 0.4) is 0 Å². The summed E-state index contributed by atoms with van der Waals surface area (Å²) in [7, 11) is 1.56. The van der Waals surface area contributed by atoms with Gasteiger partial charge in [-0.1, -0.05) is 23.8 Å². The lowest BCUT2D eigenvalue weighted by molar-refractivity contribution is 0.415. The number of ether oxygens (including phenoxy) is 1. The third-order valence-electron chi connectivity index (χ3n) is 2.69. The Morgan fingerprint density at radius 2 is 2.00 bits per heavy atom. The molecule has 0 fully saturated rings. The zero-order valence-corrected chi connectivity index (χ0v) is 12.2. The normalized spacial score (nSPS) is 10.2. The smallest absolute Gasteiger partial charge is 0.124 e. The molecule has 0 saturated heterocycles. The summed E-state index contributed by atoms with van der Waals surface area (Å²) in [5.74, 6) is 0.242. The number of thiocarbonyl (C=S) groups is 1. The second-order valence-electron chi connectivity index (χ2n) is 4.02. The minimum absolute atomic E-state index is 0.244. The molecule has 0 aliphatic rings. The van der Waals surface area contributed by atoms with Gasteiger partial charge >= 0.3 is 0 Å². The van der Waals surface area contributed by atoms with E-state index in [-0.39, 0.29) is 10.0 Å². The molecule has 2 aromatic carbocycles. The minimum Gasteiger partial charge on any atom is -0.497 e. The van der Waals surface area contributed by atoms with Crippen LogP contribution in [0, 0.1) is 5.82 Å². The summed E-state index contributed by atoms with van der Waals surface area (Å²) in [5, 5.41) is 3.34. The molecule has 0 radical (unpaired) electrons. The lowest BCUT2D eigenvalue weighted by atomic mass is 10.1. The Hall–Kier alpha value is -1.85. The molecule has 3 nitrogen and oxygen atoms in total. The summed E-state index contributed by atoms with van der Waals surface area (Å²) in [6.45, 7) is 0. The molecule has 0 bridgehead atoms. The Bertz CT molecular complexity index is 664. The molecule has 0 spiro atoms. The molecule has 0 unspecified atom stereocenters. The van der Waals surface area contributed by atoms with E-state index < -0.39 is 5.82 Å². The van der Waals surface area contributed by atoms with E-state index in [0.29, 0.717) is 22.7 Å². The Morgan fingerprint density at radius 1 is 1.25 bits per heavy atom. The molecule has 0 saturated carbocycles. The van der Waals surface area contributed by atoms with E-state index in [1.807, 2.05) is 0 Å². The molecule has 0 aliphatic heterocycles. The number of hydrogen-bond donors (Lipinski definition) is 2. The molecule has 2 rings (SSSR count). The molecule has 0 heterocycles. The number of nitrogens with two attached hydrogens (primary N) is 1. The van der Waals surface area contributed by atoms with Gasteiger partial charge in [0.15, 0.2) is 0 Å². The topological polar surface area (TPSA) is 47.3 Å². The number of hydrogen-bond acceptors (Lipinski definition) is 3. The number of nitrogens with one attached hydrogen (secondary N) is 1. The Kier molecular flexibility index (Phi) is 4.42. The highest BCUT2D eigenvalue weighted by atomic mass is 35.5. The van der Waals surface area contributed by atoms with Gasteiger partial charge in [0.25, 0.3) is 0 Å². The molecule has 0 amide bonds. The summed E-state index contributed by atoms with van der Waals surface area (Å²) in [6, 6.07) is 9.33. The fourth-order valence-corrected chi connectivity index (χ4v) is 2.10. The Morgan fingerprint density at radius 3 is 2.60 bits per heavy atom.